The van der Waals surface area contributed by atoms with E-state index >= 15 is 0 Å². The summed E-state index contributed by atoms with van der Waals surface area (Å²) < 4.78 is 22.1. The van der Waals surface area contributed by atoms with Crippen LogP contribution in [0.3, 0.4) is 0 Å². The van der Waals surface area contributed by atoms with Crippen LogP contribution in [0.5, 0.6) is 23.0 Å². The molecule has 24 heteroatoms. The fraction of sp³-hybridized carbons (Fsp3) is 0.444. The number of amides is 4. The topological polar surface area (TPSA) is 236 Å². The van der Waals surface area contributed by atoms with Gasteiger partial charge in [0.25, 0.3) is 11.8 Å². The number of nitrogen functional groups attached to an aromatic ring is 2. The summed E-state index contributed by atoms with van der Waals surface area (Å²) in [7, 11) is 5.91. The van der Waals surface area contributed by atoms with Gasteiger partial charge in [0.1, 0.15) is 23.0 Å². The Morgan fingerprint density at radius 2 is 0.821 bits per heavy atom. The molecule has 0 saturated carbocycles. The summed E-state index contributed by atoms with van der Waals surface area (Å²) in [5, 5.41) is 1.61. The van der Waals surface area contributed by atoms with Crippen molar-refractivity contribution in [3.05, 3.63) is 94.0 Å². The van der Waals surface area contributed by atoms with Crippen LogP contribution < -0.4 is 40.2 Å². The Morgan fingerprint density at radius 3 is 1.15 bits per heavy atom. The van der Waals surface area contributed by atoms with E-state index < -0.39 is 35.8 Å². The fourth-order valence-electron chi connectivity index (χ4n) is 10.2. The number of carbonyl (C=O) groups is 6. The van der Waals surface area contributed by atoms with Crippen molar-refractivity contribution in [2.24, 2.45) is 0 Å². The summed E-state index contributed by atoms with van der Waals surface area (Å²) in [5.41, 5.74) is 14.0. The van der Waals surface area contributed by atoms with Crippen molar-refractivity contribution >= 4 is 81.5 Å². The number of benzene rings is 4. The molecule has 0 unspecified atom stereocenters. The lowest BCUT2D eigenvalue weighted by molar-refractivity contribution is -0.215. The number of nitrogens with zero attached hydrogens (tertiary/aromatic N) is 8. The molecule has 0 spiro atoms. The van der Waals surface area contributed by atoms with Crippen LogP contribution in [0, 0.1) is 0 Å². The van der Waals surface area contributed by atoms with E-state index in [1.807, 2.05) is 68.1 Å². The summed E-state index contributed by atoms with van der Waals surface area (Å²) in [6, 6.07) is 19.1. The Bertz CT molecular complexity index is 2640. The number of nitrogens with two attached hydrogens (primary N) is 2. The van der Waals surface area contributed by atoms with E-state index in [2.05, 4.69) is 9.80 Å². The molecule has 22 nitrogen and oxygen atoms in total. The van der Waals surface area contributed by atoms with Gasteiger partial charge in [-0.15, -0.1) is 0 Å². The molecule has 78 heavy (non-hydrogen) atoms. The van der Waals surface area contributed by atoms with Crippen molar-refractivity contribution < 1.29 is 57.4 Å². The minimum absolute atomic E-state index is 0.0203. The van der Waals surface area contributed by atoms with Gasteiger partial charge < -0.3 is 59.7 Å². The van der Waals surface area contributed by atoms with Crippen molar-refractivity contribution in [1.29, 1.82) is 0 Å². The Balaban J connectivity index is 0.937. The molecule has 0 radical (unpaired) electrons. The molecule has 4 aliphatic rings. The first-order valence-electron chi connectivity index (χ1n) is 25.7. The van der Waals surface area contributed by atoms with Crippen LogP contribution in [0.2, 0.25) is 10.0 Å². The van der Waals surface area contributed by atoms with Gasteiger partial charge in [-0.3, -0.25) is 29.0 Å². The van der Waals surface area contributed by atoms with Crippen LogP contribution in [-0.4, -0.2) is 197 Å². The van der Waals surface area contributed by atoms with E-state index in [0.717, 1.165) is 33.0 Å². The molecule has 4 aromatic rings. The average Bonchev–Trinajstić information content (AvgIpc) is 3.50. The van der Waals surface area contributed by atoms with E-state index in [1.54, 1.807) is 14.2 Å². The number of anilines is 4. The molecule has 4 fully saturated rings. The lowest BCUT2D eigenvalue weighted by Gasteiger charge is -2.39. The minimum Gasteiger partial charge on any atom is -0.496 e. The van der Waals surface area contributed by atoms with Gasteiger partial charge >= 0.3 is 11.9 Å². The molecule has 418 valence electrons. The van der Waals surface area contributed by atoms with Crippen molar-refractivity contribution in [2.75, 3.05) is 141 Å². The molecular formula is C54H66Cl2N10O12. The van der Waals surface area contributed by atoms with Crippen LogP contribution in [0.15, 0.2) is 72.8 Å². The van der Waals surface area contributed by atoms with Gasteiger partial charge in [-0.25, -0.2) is 9.59 Å². The summed E-state index contributed by atoms with van der Waals surface area (Å²) >= 11 is 12.8. The van der Waals surface area contributed by atoms with E-state index in [1.165, 1.54) is 38.5 Å². The number of hydroxylamine groups is 4. The normalized spacial score (nSPS) is 16.7. The third-order valence-electron chi connectivity index (χ3n) is 14.6. The van der Waals surface area contributed by atoms with Crippen LogP contribution in [-0.2, 0) is 28.9 Å². The third-order valence-corrected chi connectivity index (χ3v) is 15.3. The van der Waals surface area contributed by atoms with E-state index in [9.17, 15) is 28.8 Å². The zero-order valence-corrected chi connectivity index (χ0v) is 45.7. The summed E-state index contributed by atoms with van der Waals surface area (Å²) in [6.45, 7) is 6.10. The van der Waals surface area contributed by atoms with Crippen LogP contribution in [0.25, 0.3) is 0 Å². The number of carbonyl (C=O) groups excluding carboxylic acids is 6. The number of rotatable bonds is 14. The van der Waals surface area contributed by atoms with E-state index in [-0.39, 0.29) is 94.6 Å². The van der Waals surface area contributed by atoms with Crippen LogP contribution >= 0.6 is 23.2 Å². The fourth-order valence-corrected chi connectivity index (χ4v) is 10.6. The molecule has 4 aliphatic heterocycles. The summed E-state index contributed by atoms with van der Waals surface area (Å²) in [6.07, 6.45) is 0.875. The van der Waals surface area contributed by atoms with Gasteiger partial charge in [-0.05, 0) is 62.1 Å². The number of para-hydroxylation sites is 4. The van der Waals surface area contributed by atoms with Gasteiger partial charge in [-0.1, -0.05) is 47.5 Å². The highest BCUT2D eigenvalue weighted by molar-refractivity contribution is 6.34. The second-order valence-corrected chi connectivity index (χ2v) is 20.1. The van der Waals surface area contributed by atoms with Crippen molar-refractivity contribution in [3.63, 3.8) is 0 Å². The summed E-state index contributed by atoms with van der Waals surface area (Å²) in [5.74, 6) is -3.55. The molecule has 4 saturated heterocycles. The molecular weight excluding hydrogens is 1050 g/mol. The monoisotopic (exact) mass is 1120 g/mol. The number of methoxy groups -OCH3 is 4. The quantitative estimate of drug-likeness (QED) is 0.102. The molecule has 4 amide bonds. The van der Waals surface area contributed by atoms with Gasteiger partial charge in [0.05, 0.1) is 97.5 Å². The van der Waals surface area contributed by atoms with Crippen molar-refractivity contribution in [2.45, 2.75) is 37.8 Å². The number of halogens is 2. The second-order valence-electron chi connectivity index (χ2n) is 19.3. The molecule has 8 rings (SSSR count). The van der Waals surface area contributed by atoms with E-state index in [4.69, 9.17) is 63.3 Å². The lowest BCUT2D eigenvalue weighted by Crippen LogP contribution is -2.54. The van der Waals surface area contributed by atoms with Gasteiger partial charge in [-0.2, -0.15) is 10.1 Å². The molecule has 0 atom stereocenters. The van der Waals surface area contributed by atoms with Crippen LogP contribution in [0.1, 0.15) is 46.4 Å². The number of hydrogen-bond acceptors (Lipinski definition) is 18. The lowest BCUT2D eigenvalue weighted by atomic mass is 10.0. The van der Waals surface area contributed by atoms with Gasteiger partial charge in [0.2, 0.25) is 11.8 Å². The third kappa shape index (κ3) is 13.1. The maximum absolute atomic E-state index is 14.6. The first-order chi connectivity index (χ1) is 37.6. The number of hydrogen-bond donors (Lipinski definition) is 2. The Hall–Kier alpha value is -7.40. The zero-order valence-electron chi connectivity index (χ0n) is 44.2. The predicted octanol–water partition coefficient (Wildman–Crippen LogP) is 4.32. The van der Waals surface area contributed by atoms with Crippen molar-refractivity contribution in [1.82, 2.24) is 29.7 Å². The maximum atomic E-state index is 14.6. The first-order valence-corrected chi connectivity index (χ1v) is 26.5. The molecule has 4 heterocycles. The van der Waals surface area contributed by atoms with Crippen LogP contribution in [0.4, 0.5) is 22.7 Å². The molecule has 4 aromatic carbocycles. The van der Waals surface area contributed by atoms with Crippen molar-refractivity contribution in [3.8, 4) is 23.0 Å². The predicted molar refractivity (Wildman–Crippen MR) is 292 cm³/mol. The highest BCUT2D eigenvalue weighted by Crippen LogP contribution is 2.35. The number of piperazine rings is 2. The SMILES string of the molecule is COc1cc(N)c(Cl)cc1C(=O)N(OC(=O)C(=O)ON(C(=O)c1cc(Cl)c(N)cc1OC)C1CCN(CC(=O)N2CCN(c3ccccc3OC)CC2)CC1)C1CCN(CC(=O)N2CCN(c3ccccc3OC)CC2)CC1. The molecule has 0 aliphatic carbocycles. The van der Waals surface area contributed by atoms with E-state index in [0.29, 0.717) is 78.5 Å². The molecule has 0 bridgehead atoms. The maximum Gasteiger partial charge on any atom is 0.444 e. The highest BCUT2D eigenvalue weighted by atomic mass is 35.5. The minimum atomic E-state index is -1.62. The smallest absolute Gasteiger partial charge is 0.444 e. The molecule has 4 N–H and O–H groups in total. The Labute approximate surface area is 462 Å². The second kappa shape index (κ2) is 25.8. The highest BCUT2D eigenvalue weighted by Gasteiger charge is 2.40. The average molecular weight is 1120 g/mol. The number of ether oxygens (including phenoxy) is 4. The number of piperidine rings is 2. The molecule has 0 aromatic heterocycles. The zero-order chi connectivity index (χ0) is 55.6. The first kappa shape index (κ1) is 56.8. The van der Waals surface area contributed by atoms with Gasteiger partial charge in [0, 0.05) is 90.7 Å². The van der Waals surface area contributed by atoms with Gasteiger partial charge in [0.15, 0.2) is 0 Å². The Kier molecular flexibility index (Phi) is 18.8. The largest absolute Gasteiger partial charge is 0.496 e. The Morgan fingerprint density at radius 1 is 0.487 bits per heavy atom. The summed E-state index contributed by atoms with van der Waals surface area (Å²) in [4.78, 5) is 108. The number of likely N-dealkylation sites (tertiary alicyclic amines) is 2. The standard InChI is InChI=1S/C54H66Cl2N10O12/c1-73-45-11-7-5-9-43(45)61-21-25-63(26-22-61)49(67)33-59-17-13-35(14-18-59)65(51(69)37-29-39(55)41(57)31-47(37)75-3)77-53(71)54(72)78-66(52(70)38-30-40(56)42(58)32-48(38)76-4)36-15-19-60(20-16-36)34-50(68)64-27-23-62(24-28-64)44-10-6-8-12-46(44)74-2/h5-12,29-32,35-36H,13-28,33-34,57-58H2,1-4H3.